The van der Waals surface area contributed by atoms with E-state index in [-0.39, 0.29) is 0 Å². The summed E-state index contributed by atoms with van der Waals surface area (Å²) in [6.07, 6.45) is 1.52. The van der Waals surface area contributed by atoms with Gasteiger partial charge in [0.05, 0.1) is 20.4 Å². The van der Waals surface area contributed by atoms with Gasteiger partial charge in [0.25, 0.3) is 5.91 Å². The molecular weight excluding hydrogens is 467 g/mol. The third-order valence-electron chi connectivity index (χ3n) is 4.19. The Labute approximate surface area is 190 Å². The second-order valence-corrected chi connectivity index (χ2v) is 10.0. The Hall–Kier alpha value is -2.25. The molecule has 1 atom stereocenters. The monoisotopic (exact) mass is 482 g/mol. The molecule has 30 heavy (non-hydrogen) atoms. The normalized spacial score (nSPS) is 12.7. The van der Waals surface area contributed by atoms with Crippen LogP contribution in [0.15, 0.2) is 69.9 Å². The van der Waals surface area contributed by atoms with Crippen molar-refractivity contribution in [3.63, 3.8) is 0 Å². The van der Waals surface area contributed by atoms with Crippen molar-refractivity contribution in [1.82, 2.24) is 0 Å². The molecule has 0 aliphatic rings. The van der Waals surface area contributed by atoms with Gasteiger partial charge >= 0.3 is 0 Å². The van der Waals surface area contributed by atoms with E-state index in [0.717, 1.165) is 0 Å². The number of amides is 1. The van der Waals surface area contributed by atoms with Crippen molar-refractivity contribution in [2.24, 2.45) is 4.36 Å². The van der Waals surface area contributed by atoms with Crippen LogP contribution in [0.2, 0.25) is 15.1 Å². The fraction of sp³-hybridized carbons (Fsp3) is 0.0952. The van der Waals surface area contributed by atoms with E-state index in [1.54, 1.807) is 60.7 Å². The summed E-state index contributed by atoms with van der Waals surface area (Å²) < 4.78 is 22.2. The average Bonchev–Trinajstić information content (AvgIpc) is 2.71. The lowest BCUT2D eigenvalue weighted by molar-refractivity contribution is 0.102. The van der Waals surface area contributed by atoms with Crippen LogP contribution in [-0.2, 0) is 9.73 Å². The Bertz CT molecular complexity index is 1240. The number of rotatable bonds is 5. The smallest absolute Gasteiger partial charge is 0.255 e. The molecule has 3 rings (SSSR count). The molecule has 0 bridgehead atoms. The zero-order chi connectivity index (χ0) is 21.9. The lowest BCUT2D eigenvalue weighted by atomic mass is 10.2. The van der Waals surface area contributed by atoms with Crippen LogP contribution in [0.3, 0.4) is 0 Å². The van der Waals surface area contributed by atoms with Gasteiger partial charge in [-0.3, -0.25) is 4.79 Å². The molecule has 3 aromatic rings. The van der Waals surface area contributed by atoms with Crippen molar-refractivity contribution < 1.29 is 13.7 Å². The van der Waals surface area contributed by atoms with Gasteiger partial charge in [-0.2, -0.15) is 0 Å². The van der Waals surface area contributed by atoms with E-state index in [9.17, 15) is 9.00 Å². The first-order chi connectivity index (χ1) is 14.2. The quantitative estimate of drug-likeness (QED) is 0.435. The van der Waals surface area contributed by atoms with Gasteiger partial charge in [-0.1, -0.05) is 40.9 Å². The molecule has 1 unspecified atom stereocenters. The molecular formula is C21H17Cl3N2O3S. The number of halogens is 3. The number of hydrogen-bond acceptors (Lipinski definition) is 4. The molecule has 0 radical (unpaired) electrons. The summed E-state index contributed by atoms with van der Waals surface area (Å²) in [5.41, 5.74) is 0.669. The highest BCUT2D eigenvalue weighted by Crippen LogP contribution is 2.36. The van der Waals surface area contributed by atoms with Gasteiger partial charge in [-0.05, 0) is 54.6 Å². The fourth-order valence-electron chi connectivity index (χ4n) is 2.54. The largest absolute Gasteiger partial charge is 0.454 e. The van der Waals surface area contributed by atoms with Crippen LogP contribution in [-0.4, -0.2) is 23.4 Å². The van der Waals surface area contributed by atoms with Gasteiger partial charge in [0.1, 0.15) is 5.75 Å². The maximum atomic E-state index is 12.8. The molecule has 5 nitrogen and oxygen atoms in total. The standard InChI is InChI=1S/C21H17Cl3N2O3S/c1-25-30(2,28)16-5-3-4-13(10-16)21(27)26-18-12-15(23)7-9-20(18)29-19-8-6-14(22)11-17(19)24/h3-12H,1-2H3,(H,26,27). The van der Waals surface area contributed by atoms with Crippen molar-refractivity contribution in [2.75, 3.05) is 18.6 Å². The molecule has 0 saturated heterocycles. The third-order valence-corrected chi connectivity index (χ3v) is 6.78. The van der Waals surface area contributed by atoms with Gasteiger partial charge in [0, 0.05) is 33.8 Å². The SMILES string of the molecule is CN=S(C)(=O)c1cccc(C(=O)Nc2cc(Cl)ccc2Oc2ccc(Cl)cc2Cl)c1. The molecule has 0 aromatic heterocycles. The Morgan fingerprint density at radius 2 is 1.63 bits per heavy atom. The fourth-order valence-corrected chi connectivity index (χ4v) is 4.04. The average molecular weight is 484 g/mol. The predicted molar refractivity (Wildman–Crippen MR) is 123 cm³/mol. The van der Waals surface area contributed by atoms with Crippen LogP contribution >= 0.6 is 34.8 Å². The second-order valence-electron chi connectivity index (χ2n) is 6.28. The first-order valence-electron chi connectivity index (χ1n) is 8.64. The lowest BCUT2D eigenvalue weighted by Crippen LogP contribution is -2.13. The van der Waals surface area contributed by atoms with E-state index in [0.29, 0.717) is 42.7 Å². The molecule has 3 aromatic carbocycles. The Kier molecular flexibility index (Phi) is 6.93. The van der Waals surface area contributed by atoms with Crippen molar-refractivity contribution in [3.05, 3.63) is 81.3 Å². The van der Waals surface area contributed by atoms with E-state index in [2.05, 4.69) is 9.68 Å². The molecule has 0 aliphatic carbocycles. The number of hydrogen-bond donors (Lipinski definition) is 1. The van der Waals surface area contributed by atoms with E-state index in [1.165, 1.54) is 13.3 Å². The summed E-state index contributed by atoms with van der Waals surface area (Å²) in [5, 5.41) is 3.98. The van der Waals surface area contributed by atoms with Crippen LogP contribution in [0.1, 0.15) is 10.4 Å². The highest BCUT2D eigenvalue weighted by atomic mass is 35.5. The molecule has 0 saturated carbocycles. The summed E-state index contributed by atoms with van der Waals surface area (Å²) in [7, 11) is -1.09. The minimum atomic E-state index is -2.57. The molecule has 0 heterocycles. The summed E-state index contributed by atoms with van der Waals surface area (Å²) in [4.78, 5) is 13.3. The van der Waals surface area contributed by atoms with Gasteiger partial charge in [0.15, 0.2) is 5.75 Å². The molecule has 1 amide bonds. The van der Waals surface area contributed by atoms with Crippen molar-refractivity contribution in [3.8, 4) is 11.5 Å². The van der Waals surface area contributed by atoms with E-state index < -0.39 is 15.6 Å². The predicted octanol–water partition coefficient (Wildman–Crippen LogP) is 6.78. The minimum absolute atomic E-state index is 0.321. The van der Waals surface area contributed by atoms with Crippen molar-refractivity contribution >= 4 is 56.1 Å². The maximum Gasteiger partial charge on any atom is 0.255 e. The van der Waals surface area contributed by atoms with Crippen molar-refractivity contribution in [2.45, 2.75) is 4.90 Å². The van der Waals surface area contributed by atoms with Crippen LogP contribution in [0.25, 0.3) is 0 Å². The molecule has 1 N–H and O–H groups in total. The Morgan fingerprint density at radius 1 is 0.967 bits per heavy atom. The number of anilines is 1. The number of ether oxygens (including phenoxy) is 1. The molecule has 156 valence electrons. The molecule has 0 aliphatic heterocycles. The van der Waals surface area contributed by atoms with Gasteiger partial charge in [-0.15, -0.1) is 0 Å². The minimum Gasteiger partial charge on any atom is -0.454 e. The van der Waals surface area contributed by atoms with Gasteiger partial charge in [0.2, 0.25) is 0 Å². The van der Waals surface area contributed by atoms with Crippen LogP contribution in [0.4, 0.5) is 5.69 Å². The number of carbonyl (C=O) groups excluding carboxylic acids is 1. The van der Waals surface area contributed by atoms with Gasteiger partial charge < -0.3 is 10.1 Å². The zero-order valence-electron chi connectivity index (χ0n) is 16.0. The zero-order valence-corrected chi connectivity index (χ0v) is 19.1. The summed E-state index contributed by atoms with van der Waals surface area (Å²) >= 11 is 18.2. The van der Waals surface area contributed by atoms with Crippen LogP contribution < -0.4 is 10.1 Å². The Balaban J connectivity index is 1.92. The summed E-state index contributed by atoms with van der Waals surface area (Å²) in [6.45, 7) is 0. The first kappa shape index (κ1) is 22.4. The molecule has 0 spiro atoms. The summed E-state index contributed by atoms with van der Waals surface area (Å²) in [6, 6.07) is 16.1. The molecule has 9 heteroatoms. The van der Waals surface area contributed by atoms with Gasteiger partial charge in [-0.25, -0.2) is 8.57 Å². The third kappa shape index (κ3) is 5.26. The second kappa shape index (κ2) is 9.27. The highest BCUT2D eigenvalue weighted by Gasteiger charge is 2.15. The number of nitrogens with one attached hydrogen (secondary N) is 1. The molecule has 0 fully saturated rings. The number of nitrogens with zero attached hydrogens (tertiary/aromatic N) is 1. The first-order valence-corrected chi connectivity index (χ1v) is 11.7. The van der Waals surface area contributed by atoms with Crippen LogP contribution in [0, 0.1) is 0 Å². The van der Waals surface area contributed by atoms with Crippen LogP contribution in [0.5, 0.6) is 11.5 Å². The van der Waals surface area contributed by atoms with E-state index in [1.807, 2.05) is 0 Å². The number of carbonyl (C=O) groups is 1. The maximum absolute atomic E-state index is 12.8. The van der Waals surface area contributed by atoms with Crippen molar-refractivity contribution in [1.29, 1.82) is 0 Å². The Morgan fingerprint density at radius 3 is 2.30 bits per heavy atom. The number of benzene rings is 3. The lowest BCUT2D eigenvalue weighted by Gasteiger charge is -2.14. The topological polar surface area (TPSA) is 67.8 Å². The van der Waals surface area contributed by atoms with E-state index >= 15 is 0 Å². The van der Waals surface area contributed by atoms with E-state index in [4.69, 9.17) is 39.5 Å². The highest BCUT2D eigenvalue weighted by molar-refractivity contribution is 7.93. The summed E-state index contributed by atoms with van der Waals surface area (Å²) in [5.74, 6) is 0.296.